The molecule has 0 unspecified atom stereocenters. The lowest BCUT2D eigenvalue weighted by molar-refractivity contribution is -0.138. The van der Waals surface area contributed by atoms with E-state index in [1.807, 2.05) is 37.3 Å². The molecule has 118 valence electrons. The summed E-state index contributed by atoms with van der Waals surface area (Å²) in [7, 11) is 0. The lowest BCUT2D eigenvalue weighted by Crippen LogP contribution is -2.46. The van der Waals surface area contributed by atoms with Crippen molar-refractivity contribution in [3.8, 4) is 0 Å². The molecule has 6 heteroatoms. The predicted molar refractivity (Wildman–Crippen MR) is 83.1 cm³/mol. The number of amides is 2. The van der Waals surface area contributed by atoms with Crippen LogP contribution in [-0.2, 0) is 9.53 Å². The first-order chi connectivity index (χ1) is 10.6. The number of esters is 1. The molecular weight excluding hydrogens is 282 g/mol. The van der Waals surface area contributed by atoms with Crippen molar-refractivity contribution in [1.29, 1.82) is 0 Å². The van der Waals surface area contributed by atoms with Crippen LogP contribution in [0.3, 0.4) is 0 Å². The van der Waals surface area contributed by atoms with Gasteiger partial charge in [0.2, 0.25) is 0 Å². The molecular formula is C16H21N3O3. The van der Waals surface area contributed by atoms with E-state index in [2.05, 4.69) is 16.0 Å². The molecule has 1 aromatic carbocycles. The zero-order valence-corrected chi connectivity index (χ0v) is 12.8. The predicted octanol–water partition coefficient (Wildman–Crippen LogP) is 1.47. The molecule has 0 saturated heterocycles. The Bertz CT molecular complexity index is 569. The van der Waals surface area contributed by atoms with Gasteiger partial charge in [0.15, 0.2) is 0 Å². The summed E-state index contributed by atoms with van der Waals surface area (Å²) in [5.41, 5.74) is 2.15. The molecule has 1 atom stereocenters. The van der Waals surface area contributed by atoms with Crippen molar-refractivity contribution in [1.82, 2.24) is 16.0 Å². The van der Waals surface area contributed by atoms with Gasteiger partial charge < -0.3 is 20.7 Å². The average Bonchev–Trinajstić information content (AvgIpc) is 2.53. The molecule has 2 amide bonds. The fourth-order valence-electron chi connectivity index (χ4n) is 2.21. The van der Waals surface area contributed by atoms with Crippen LogP contribution >= 0.6 is 0 Å². The Morgan fingerprint density at radius 1 is 1.36 bits per heavy atom. The van der Waals surface area contributed by atoms with Gasteiger partial charge in [-0.15, -0.1) is 0 Å². The smallest absolute Gasteiger partial charge is 0.337 e. The van der Waals surface area contributed by atoms with E-state index in [1.54, 1.807) is 6.92 Å². The first-order valence-electron chi connectivity index (χ1n) is 7.34. The van der Waals surface area contributed by atoms with Gasteiger partial charge in [0.25, 0.3) is 0 Å². The summed E-state index contributed by atoms with van der Waals surface area (Å²) < 4.78 is 5.02. The molecule has 0 aliphatic carbocycles. The molecule has 1 aromatic rings. The molecule has 0 spiro atoms. The van der Waals surface area contributed by atoms with Crippen LogP contribution in [0, 0.1) is 0 Å². The number of rotatable bonds is 6. The second-order valence-corrected chi connectivity index (χ2v) is 5.00. The fraction of sp³-hybridized carbons (Fsp3) is 0.375. The second-order valence-electron chi connectivity index (χ2n) is 5.00. The monoisotopic (exact) mass is 303 g/mol. The van der Waals surface area contributed by atoms with E-state index in [4.69, 9.17) is 4.74 Å². The van der Waals surface area contributed by atoms with E-state index in [0.29, 0.717) is 24.4 Å². The van der Waals surface area contributed by atoms with Gasteiger partial charge in [-0.25, -0.2) is 9.59 Å². The van der Waals surface area contributed by atoms with Crippen LogP contribution in [0.25, 0.3) is 0 Å². The molecule has 3 N–H and O–H groups in total. The van der Waals surface area contributed by atoms with Crippen LogP contribution in [0.5, 0.6) is 0 Å². The number of urea groups is 1. The maximum Gasteiger partial charge on any atom is 0.337 e. The Hall–Kier alpha value is -2.34. The van der Waals surface area contributed by atoms with Crippen LogP contribution in [-0.4, -0.2) is 31.7 Å². The molecule has 1 heterocycles. The van der Waals surface area contributed by atoms with Crippen molar-refractivity contribution in [3.05, 3.63) is 47.2 Å². The largest absolute Gasteiger partial charge is 0.463 e. The summed E-state index contributed by atoms with van der Waals surface area (Å²) in [6.45, 7) is 4.65. The van der Waals surface area contributed by atoms with Crippen LogP contribution in [0.1, 0.15) is 25.5 Å². The third kappa shape index (κ3) is 4.08. The van der Waals surface area contributed by atoms with Crippen molar-refractivity contribution >= 4 is 12.0 Å². The summed E-state index contributed by atoms with van der Waals surface area (Å²) in [6.07, 6.45) is 0. The second kappa shape index (κ2) is 7.61. The topological polar surface area (TPSA) is 79.5 Å². The Balaban J connectivity index is 2.06. The highest BCUT2D eigenvalue weighted by atomic mass is 16.5. The van der Waals surface area contributed by atoms with Crippen LogP contribution in [0.4, 0.5) is 4.79 Å². The molecule has 22 heavy (non-hydrogen) atoms. The van der Waals surface area contributed by atoms with Crippen molar-refractivity contribution in [2.75, 3.05) is 19.7 Å². The van der Waals surface area contributed by atoms with Crippen molar-refractivity contribution < 1.29 is 14.3 Å². The van der Waals surface area contributed by atoms with Gasteiger partial charge in [-0.1, -0.05) is 30.3 Å². The minimum Gasteiger partial charge on any atom is -0.463 e. The van der Waals surface area contributed by atoms with Gasteiger partial charge >= 0.3 is 12.0 Å². The molecule has 0 fully saturated rings. The van der Waals surface area contributed by atoms with Gasteiger partial charge in [0, 0.05) is 18.3 Å². The zero-order valence-electron chi connectivity index (χ0n) is 12.8. The molecule has 0 saturated carbocycles. The van der Waals surface area contributed by atoms with Gasteiger partial charge in [-0.2, -0.15) is 0 Å². The number of ether oxygens (including phenoxy) is 1. The van der Waals surface area contributed by atoms with E-state index in [0.717, 1.165) is 5.56 Å². The average molecular weight is 303 g/mol. The van der Waals surface area contributed by atoms with E-state index in [1.165, 1.54) is 0 Å². The SMILES string of the molecule is CCOC(=O)C1=C(CN[C@H](C)c2ccccc2)NC(=O)NC1. The summed E-state index contributed by atoms with van der Waals surface area (Å²) in [6, 6.07) is 9.76. The lowest BCUT2D eigenvalue weighted by Gasteiger charge is -2.23. The standard InChI is InChI=1S/C16H21N3O3/c1-3-22-15(20)13-9-18-16(21)19-14(13)10-17-11(2)12-7-5-4-6-8-12/h4-8,11,17H,3,9-10H2,1-2H3,(H2,18,19,21)/t11-/m1/s1. The Morgan fingerprint density at radius 2 is 2.09 bits per heavy atom. The van der Waals surface area contributed by atoms with Gasteiger partial charge in [0.05, 0.1) is 18.7 Å². The Morgan fingerprint density at radius 3 is 2.77 bits per heavy atom. The summed E-state index contributed by atoms with van der Waals surface area (Å²) >= 11 is 0. The molecule has 0 bridgehead atoms. The van der Waals surface area contributed by atoms with Gasteiger partial charge in [0.1, 0.15) is 0 Å². The molecule has 6 nitrogen and oxygen atoms in total. The normalized spacial score (nSPS) is 15.8. The summed E-state index contributed by atoms with van der Waals surface area (Å²) in [5.74, 6) is -0.404. The first kappa shape index (κ1) is 16.0. The zero-order chi connectivity index (χ0) is 15.9. The van der Waals surface area contributed by atoms with Crippen LogP contribution < -0.4 is 16.0 Å². The van der Waals surface area contributed by atoms with Crippen molar-refractivity contribution in [2.24, 2.45) is 0 Å². The minimum absolute atomic E-state index is 0.101. The van der Waals surface area contributed by atoms with Gasteiger partial charge in [-0.3, -0.25) is 0 Å². The van der Waals surface area contributed by atoms with E-state index in [9.17, 15) is 9.59 Å². The van der Waals surface area contributed by atoms with Crippen LogP contribution in [0.15, 0.2) is 41.6 Å². The molecule has 1 aliphatic rings. The quantitative estimate of drug-likeness (QED) is 0.695. The maximum atomic E-state index is 11.9. The van der Waals surface area contributed by atoms with Crippen LogP contribution in [0.2, 0.25) is 0 Å². The maximum absolute atomic E-state index is 11.9. The molecule has 2 rings (SSSR count). The fourth-order valence-corrected chi connectivity index (χ4v) is 2.21. The van der Waals surface area contributed by atoms with E-state index >= 15 is 0 Å². The Kier molecular flexibility index (Phi) is 5.55. The van der Waals surface area contributed by atoms with E-state index in [-0.39, 0.29) is 18.6 Å². The summed E-state index contributed by atoms with van der Waals surface area (Å²) in [4.78, 5) is 23.4. The highest BCUT2D eigenvalue weighted by Crippen LogP contribution is 2.13. The number of nitrogens with one attached hydrogen (secondary N) is 3. The third-order valence-electron chi connectivity index (χ3n) is 3.46. The number of hydrogen-bond acceptors (Lipinski definition) is 4. The Labute approximate surface area is 129 Å². The number of carbonyl (C=O) groups excluding carboxylic acids is 2. The number of benzene rings is 1. The van der Waals surface area contributed by atoms with Gasteiger partial charge in [-0.05, 0) is 19.4 Å². The molecule has 1 aliphatic heterocycles. The number of carbonyl (C=O) groups is 2. The number of hydrogen-bond donors (Lipinski definition) is 3. The van der Waals surface area contributed by atoms with Crippen molar-refractivity contribution in [3.63, 3.8) is 0 Å². The highest BCUT2D eigenvalue weighted by molar-refractivity contribution is 5.93. The summed E-state index contributed by atoms with van der Waals surface area (Å²) in [5, 5.41) is 8.57. The minimum atomic E-state index is -0.404. The third-order valence-corrected chi connectivity index (χ3v) is 3.46. The molecule has 0 radical (unpaired) electrons. The molecule has 0 aromatic heterocycles. The lowest BCUT2D eigenvalue weighted by atomic mass is 10.1. The highest BCUT2D eigenvalue weighted by Gasteiger charge is 2.23. The van der Waals surface area contributed by atoms with Crippen molar-refractivity contribution in [2.45, 2.75) is 19.9 Å². The first-order valence-corrected chi connectivity index (χ1v) is 7.34. The van der Waals surface area contributed by atoms with E-state index < -0.39 is 5.97 Å².